The Morgan fingerprint density at radius 1 is 1.16 bits per heavy atom. The first-order valence-corrected chi connectivity index (χ1v) is 8.37. The predicted molar refractivity (Wildman–Crippen MR) is 106 cm³/mol. The van der Waals surface area contributed by atoms with Crippen molar-refractivity contribution >= 4 is 34.7 Å². The number of aliphatic carboxylic acids is 1. The van der Waals surface area contributed by atoms with Crippen LogP contribution >= 0.6 is 12.2 Å². The molecule has 0 aliphatic carbocycles. The number of carbonyl (C=O) groups is 1. The molecule has 5 nitrogen and oxygen atoms in total. The third-order valence-corrected chi connectivity index (χ3v) is 4.40. The van der Waals surface area contributed by atoms with E-state index < -0.39 is 11.5 Å². The average Bonchev–Trinajstić information content (AvgIpc) is 2.60. The van der Waals surface area contributed by atoms with Crippen LogP contribution in [-0.4, -0.2) is 28.8 Å². The molecule has 0 atom stereocenters. The number of nitrogens with zero attached hydrogens (tertiary/aromatic N) is 1. The summed E-state index contributed by atoms with van der Waals surface area (Å²) in [6.07, 6.45) is 0. The van der Waals surface area contributed by atoms with Crippen molar-refractivity contribution in [1.82, 2.24) is 5.32 Å². The van der Waals surface area contributed by atoms with E-state index in [-0.39, 0.29) is 0 Å². The Morgan fingerprint density at radius 2 is 1.84 bits per heavy atom. The van der Waals surface area contributed by atoms with Gasteiger partial charge in [0.15, 0.2) is 5.11 Å². The molecule has 0 saturated heterocycles. The van der Waals surface area contributed by atoms with E-state index in [9.17, 15) is 9.90 Å². The number of rotatable bonds is 6. The first-order valence-electron chi connectivity index (χ1n) is 7.97. The molecule has 0 radical (unpaired) electrons. The molecular weight excluding hydrogens is 334 g/mol. The molecule has 0 fully saturated rings. The van der Waals surface area contributed by atoms with Crippen molar-refractivity contribution in [3.05, 3.63) is 60.2 Å². The molecule has 0 spiro atoms. The minimum atomic E-state index is -1.01. The Hall–Kier alpha value is -2.60. The maximum atomic E-state index is 11.4. The molecule has 0 bridgehead atoms. The molecule has 2 rings (SSSR count). The largest absolute Gasteiger partial charge is 0.480 e. The first-order chi connectivity index (χ1) is 11.8. The van der Waals surface area contributed by atoms with Crippen LogP contribution in [0.25, 0.3) is 0 Å². The average molecular weight is 357 g/mol. The van der Waals surface area contributed by atoms with Crippen molar-refractivity contribution in [2.24, 2.45) is 0 Å². The number of anilines is 2. The molecular formula is C19H23N3O2S. The van der Waals surface area contributed by atoms with Crippen LogP contribution in [0.3, 0.4) is 0 Å². The number of carboxylic acids is 1. The van der Waals surface area contributed by atoms with Gasteiger partial charge in [-0.1, -0.05) is 36.4 Å². The zero-order chi connectivity index (χ0) is 18.4. The Bertz CT molecular complexity index is 747. The number of hydrogen-bond acceptors (Lipinski definition) is 3. The molecule has 2 aromatic carbocycles. The lowest BCUT2D eigenvalue weighted by Crippen LogP contribution is -2.48. The topological polar surface area (TPSA) is 64.6 Å². The second kappa shape index (κ2) is 7.98. The van der Waals surface area contributed by atoms with Gasteiger partial charge < -0.3 is 20.6 Å². The second-order valence-electron chi connectivity index (χ2n) is 6.27. The summed E-state index contributed by atoms with van der Waals surface area (Å²) in [6, 6.07) is 17.5. The van der Waals surface area contributed by atoms with Crippen molar-refractivity contribution in [3.8, 4) is 0 Å². The summed E-state index contributed by atoms with van der Waals surface area (Å²) in [5, 5.41) is 16.2. The van der Waals surface area contributed by atoms with Gasteiger partial charge in [-0.15, -0.1) is 0 Å². The molecule has 6 heteroatoms. The smallest absolute Gasteiger partial charge is 0.328 e. The Labute approximate surface area is 153 Å². The van der Waals surface area contributed by atoms with Crippen LogP contribution in [-0.2, 0) is 11.3 Å². The normalized spacial score (nSPS) is 10.8. The predicted octanol–water partition coefficient (Wildman–Crippen LogP) is 3.47. The minimum absolute atomic E-state index is 0.515. The van der Waals surface area contributed by atoms with Gasteiger partial charge in [-0.25, -0.2) is 4.79 Å². The Kier molecular flexibility index (Phi) is 5.98. The summed E-state index contributed by atoms with van der Waals surface area (Å²) in [7, 11) is 1.76. The van der Waals surface area contributed by atoms with Crippen molar-refractivity contribution in [2.45, 2.75) is 25.9 Å². The third-order valence-electron chi connectivity index (χ3n) is 4.15. The molecule has 0 unspecified atom stereocenters. The van der Waals surface area contributed by atoms with Crippen LogP contribution in [0.2, 0.25) is 0 Å². The summed E-state index contributed by atoms with van der Waals surface area (Å²) < 4.78 is 0. The summed E-state index contributed by atoms with van der Waals surface area (Å²) in [5.41, 5.74) is 1.73. The Balaban J connectivity index is 2.01. The van der Waals surface area contributed by atoms with Crippen LogP contribution in [0.15, 0.2) is 54.6 Å². The quantitative estimate of drug-likeness (QED) is 0.688. The molecule has 132 valence electrons. The van der Waals surface area contributed by atoms with Gasteiger partial charge in [-0.3, -0.25) is 0 Å². The third kappa shape index (κ3) is 4.93. The van der Waals surface area contributed by atoms with Gasteiger partial charge in [0.1, 0.15) is 5.54 Å². The van der Waals surface area contributed by atoms with Crippen LogP contribution in [0.1, 0.15) is 19.4 Å². The number of nitrogens with one attached hydrogen (secondary N) is 2. The highest BCUT2D eigenvalue weighted by Crippen LogP contribution is 2.25. The number of likely N-dealkylation sites (N-methyl/N-ethyl adjacent to an activating group) is 1. The maximum absolute atomic E-state index is 11.4. The number of thiocarbonyl (C=S) groups is 1. The molecule has 2 aromatic rings. The van der Waals surface area contributed by atoms with Gasteiger partial charge in [0.25, 0.3) is 0 Å². The second-order valence-corrected chi connectivity index (χ2v) is 6.68. The van der Waals surface area contributed by atoms with Gasteiger partial charge in [0, 0.05) is 25.0 Å². The lowest BCUT2D eigenvalue weighted by molar-refractivity contribution is -0.142. The number of hydrogen-bond donors (Lipinski definition) is 3. The molecule has 0 aliphatic heterocycles. The standard InChI is InChI=1S/C19H23N3O2S/c1-19(2,17(23)24)22(3)16-11-7-10-15(12-16)21-18(25)20-13-14-8-5-4-6-9-14/h4-12H,13H2,1-3H3,(H,23,24)(H2,20,21,25). The summed E-state index contributed by atoms with van der Waals surface area (Å²) in [5.74, 6) is -0.881. The van der Waals surface area contributed by atoms with E-state index >= 15 is 0 Å². The zero-order valence-corrected chi connectivity index (χ0v) is 15.4. The van der Waals surface area contributed by atoms with Crippen LogP contribution < -0.4 is 15.5 Å². The van der Waals surface area contributed by atoms with Gasteiger partial charge >= 0.3 is 5.97 Å². The number of benzene rings is 2. The highest BCUT2D eigenvalue weighted by atomic mass is 32.1. The van der Waals surface area contributed by atoms with Gasteiger partial charge in [-0.05, 0) is 49.8 Å². The van der Waals surface area contributed by atoms with E-state index in [1.165, 1.54) is 0 Å². The molecule has 0 saturated carbocycles. The van der Waals surface area contributed by atoms with Crippen molar-refractivity contribution in [1.29, 1.82) is 0 Å². The molecule has 3 N–H and O–H groups in total. The van der Waals surface area contributed by atoms with Gasteiger partial charge in [0.2, 0.25) is 0 Å². The minimum Gasteiger partial charge on any atom is -0.480 e. The number of carboxylic acid groups (broad SMARTS) is 1. The zero-order valence-electron chi connectivity index (χ0n) is 14.6. The molecule has 0 aromatic heterocycles. The summed E-state index contributed by atoms with van der Waals surface area (Å²) >= 11 is 5.33. The van der Waals surface area contributed by atoms with Gasteiger partial charge in [0.05, 0.1) is 0 Å². The van der Waals surface area contributed by atoms with Crippen LogP contribution in [0.4, 0.5) is 11.4 Å². The molecule has 0 amide bonds. The molecule has 0 heterocycles. The van der Waals surface area contributed by atoms with E-state index in [1.54, 1.807) is 25.8 Å². The molecule has 0 aliphatic rings. The lowest BCUT2D eigenvalue weighted by atomic mass is 10.0. The molecule has 25 heavy (non-hydrogen) atoms. The van der Waals surface area contributed by atoms with Crippen LogP contribution in [0, 0.1) is 0 Å². The van der Waals surface area contributed by atoms with Crippen molar-refractivity contribution < 1.29 is 9.90 Å². The highest BCUT2D eigenvalue weighted by molar-refractivity contribution is 7.80. The fourth-order valence-corrected chi connectivity index (χ4v) is 2.40. The monoisotopic (exact) mass is 357 g/mol. The van der Waals surface area contributed by atoms with E-state index in [1.807, 2.05) is 54.6 Å². The van der Waals surface area contributed by atoms with Gasteiger partial charge in [-0.2, -0.15) is 0 Å². The van der Waals surface area contributed by atoms with Crippen molar-refractivity contribution in [3.63, 3.8) is 0 Å². The van der Waals surface area contributed by atoms with E-state index in [0.717, 1.165) is 16.9 Å². The fourth-order valence-electron chi connectivity index (χ4n) is 2.21. The summed E-state index contributed by atoms with van der Waals surface area (Å²) in [6.45, 7) is 3.97. The van der Waals surface area contributed by atoms with Crippen molar-refractivity contribution in [2.75, 3.05) is 17.3 Å². The van der Waals surface area contributed by atoms with Crippen LogP contribution in [0.5, 0.6) is 0 Å². The SMILES string of the molecule is CN(c1cccc(NC(=S)NCc2ccccc2)c1)C(C)(C)C(=O)O. The van der Waals surface area contributed by atoms with E-state index in [4.69, 9.17) is 12.2 Å². The Morgan fingerprint density at radius 3 is 2.48 bits per heavy atom. The summed E-state index contributed by atoms with van der Waals surface area (Å²) in [4.78, 5) is 13.2. The maximum Gasteiger partial charge on any atom is 0.328 e. The first kappa shape index (κ1) is 18.7. The highest BCUT2D eigenvalue weighted by Gasteiger charge is 2.32. The fraction of sp³-hybridized carbons (Fsp3) is 0.263. The van der Waals surface area contributed by atoms with E-state index in [2.05, 4.69) is 10.6 Å². The lowest BCUT2D eigenvalue weighted by Gasteiger charge is -2.33. The van der Waals surface area contributed by atoms with E-state index in [0.29, 0.717) is 11.7 Å².